The molecule has 0 saturated heterocycles. The average Bonchev–Trinajstić information content (AvgIpc) is 2.29. The first-order chi connectivity index (χ1) is 9.03. The fourth-order valence-corrected chi connectivity index (χ4v) is 3.38. The van der Waals surface area contributed by atoms with Crippen LogP contribution >= 0.6 is 23.2 Å². The largest absolute Gasteiger partial charge is 0.309 e. The van der Waals surface area contributed by atoms with Crippen molar-refractivity contribution in [1.29, 1.82) is 0 Å². The first kappa shape index (κ1) is 17.7. The van der Waals surface area contributed by atoms with Gasteiger partial charge in [0.15, 0.2) is 0 Å². The third-order valence-corrected chi connectivity index (χ3v) is 4.62. The van der Waals surface area contributed by atoms with E-state index in [0.29, 0.717) is 6.54 Å². The Kier molecular flexibility index (Phi) is 5.80. The summed E-state index contributed by atoms with van der Waals surface area (Å²) in [7, 11) is 0.245. The molecule has 0 aliphatic carbocycles. The normalized spacial score (nSPS) is 12.9. The minimum atomic E-state index is -3.64. The number of nitrogens with one attached hydrogen (secondary N) is 1. The summed E-state index contributed by atoms with van der Waals surface area (Å²) in [4.78, 5) is 5.76. The number of rotatable bonds is 6. The second-order valence-electron chi connectivity index (χ2n) is 5.67. The van der Waals surface area contributed by atoms with Gasteiger partial charge in [0.05, 0.1) is 5.02 Å². The lowest BCUT2D eigenvalue weighted by Gasteiger charge is -2.28. The molecule has 20 heavy (non-hydrogen) atoms. The average molecular weight is 340 g/mol. The Bertz CT molecular complexity index is 574. The first-order valence-electron chi connectivity index (χ1n) is 5.99. The molecule has 0 unspecified atom stereocenters. The molecule has 1 heterocycles. The van der Waals surface area contributed by atoms with E-state index < -0.39 is 10.0 Å². The molecule has 0 aromatic carbocycles. The fourth-order valence-electron chi connectivity index (χ4n) is 1.84. The molecule has 0 aliphatic heterocycles. The Morgan fingerprint density at radius 3 is 2.45 bits per heavy atom. The van der Waals surface area contributed by atoms with E-state index in [1.54, 1.807) is 0 Å². The number of aromatic nitrogens is 1. The van der Waals surface area contributed by atoms with Crippen LogP contribution in [0.5, 0.6) is 0 Å². The van der Waals surface area contributed by atoms with E-state index in [2.05, 4.69) is 9.71 Å². The van der Waals surface area contributed by atoms with E-state index in [-0.39, 0.29) is 20.5 Å². The van der Waals surface area contributed by atoms with Crippen molar-refractivity contribution in [2.45, 2.75) is 18.7 Å². The number of nitrogens with zero attached hydrogens (tertiary/aromatic N) is 2. The highest BCUT2D eigenvalue weighted by molar-refractivity contribution is 7.89. The molecular formula is C12H19Cl2N3O2S. The molecule has 0 amide bonds. The third-order valence-electron chi connectivity index (χ3n) is 2.57. The van der Waals surface area contributed by atoms with E-state index in [4.69, 9.17) is 23.2 Å². The molecule has 0 spiro atoms. The predicted molar refractivity (Wildman–Crippen MR) is 81.8 cm³/mol. The Hall–Kier alpha value is -0.400. The summed E-state index contributed by atoms with van der Waals surface area (Å²) < 4.78 is 26.9. The molecule has 1 aromatic rings. The van der Waals surface area contributed by atoms with Gasteiger partial charge in [0.25, 0.3) is 0 Å². The maximum atomic E-state index is 12.2. The van der Waals surface area contributed by atoms with Gasteiger partial charge in [0.1, 0.15) is 10.0 Å². The second-order valence-corrected chi connectivity index (χ2v) is 8.20. The number of pyridine rings is 1. The maximum Gasteiger partial charge on any atom is 0.242 e. The van der Waals surface area contributed by atoms with Crippen molar-refractivity contribution in [2.75, 3.05) is 27.2 Å². The summed E-state index contributed by atoms with van der Waals surface area (Å²) in [5, 5.41) is 0.195. The summed E-state index contributed by atoms with van der Waals surface area (Å²) >= 11 is 11.5. The zero-order valence-corrected chi connectivity index (χ0v) is 14.3. The lowest BCUT2D eigenvalue weighted by molar-refractivity contribution is 0.242. The number of halogens is 2. The highest BCUT2D eigenvalue weighted by atomic mass is 35.5. The van der Waals surface area contributed by atoms with Crippen molar-refractivity contribution in [3.63, 3.8) is 0 Å². The van der Waals surface area contributed by atoms with Crippen LogP contribution in [-0.2, 0) is 10.0 Å². The molecular weight excluding hydrogens is 321 g/mol. The van der Waals surface area contributed by atoms with Gasteiger partial charge in [0, 0.05) is 19.3 Å². The zero-order chi connectivity index (χ0) is 15.6. The van der Waals surface area contributed by atoms with Crippen LogP contribution in [0.3, 0.4) is 0 Å². The minimum absolute atomic E-state index is 0.00699. The van der Waals surface area contributed by atoms with Crippen LogP contribution < -0.4 is 4.72 Å². The predicted octanol–water partition coefficient (Wildman–Crippen LogP) is 2.25. The lowest BCUT2D eigenvalue weighted by Crippen LogP contribution is -2.39. The lowest BCUT2D eigenvalue weighted by atomic mass is 9.93. The van der Waals surface area contributed by atoms with E-state index in [9.17, 15) is 8.42 Å². The van der Waals surface area contributed by atoms with E-state index in [0.717, 1.165) is 6.54 Å². The molecule has 0 saturated carbocycles. The quantitative estimate of drug-likeness (QED) is 0.807. The van der Waals surface area contributed by atoms with Gasteiger partial charge in [-0.1, -0.05) is 37.0 Å². The summed E-state index contributed by atoms with van der Waals surface area (Å²) in [6.07, 6.45) is 1.19. The molecule has 1 aromatic heterocycles. The Balaban J connectivity index is 2.82. The van der Waals surface area contributed by atoms with Gasteiger partial charge in [-0.25, -0.2) is 18.1 Å². The molecule has 8 heteroatoms. The summed E-state index contributed by atoms with van der Waals surface area (Å²) in [6.45, 7) is 5.05. The topological polar surface area (TPSA) is 62.3 Å². The number of hydrogen-bond acceptors (Lipinski definition) is 4. The standard InChI is InChI=1S/C12H19Cl2N3O2S/c1-12(2,8-17(3)4)7-16-20(18,19)9-5-10(13)11(14)15-6-9/h5-6,16H,7-8H2,1-4H3. The van der Waals surface area contributed by atoms with Crippen molar-refractivity contribution < 1.29 is 8.42 Å². The highest BCUT2D eigenvalue weighted by Gasteiger charge is 2.23. The Morgan fingerprint density at radius 2 is 1.95 bits per heavy atom. The minimum Gasteiger partial charge on any atom is -0.309 e. The van der Waals surface area contributed by atoms with Crippen molar-refractivity contribution in [1.82, 2.24) is 14.6 Å². The zero-order valence-electron chi connectivity index (χ0n) is 11.9. The molecule has 5 nitrogen and oxygen atoms in total. The maximum absolute atomic E-state index is 12.2. The summed E-state index contributed by atoms with van der Waals surface area (Å²) in [5.41, 5.74) is -0.194. The van der Waals surface area contributed by atoms with Crippen molar-refractivity contribution in [2.24, 2.45) is 5.41 Å². The van der Waals surface area contributed by atoms with Gasteiger partial charge in [-0.05, 0) is 25.6 Å². The van der Waals surface area contributed by atoms with Crippen LogP contribution in [0.4, 0.5) is 0 Å². The molecule has 114 valence electrons. The fraction of sp³-hybridized carbons (Fsp3) is 0.583. The van der Waals surface area contributed by atoms with Gasteiger partial charge in [-0.15, -0.1) is 0 Å². The molecule has 1 rings (SSSR count). The Labute approximate surface area is 130 Å². The van der Waals surface area contributed by atoms with Crippen LogP contribution in [0.2, 0.25) is 10.2 Å². The molecule has 0 atom stereocenters. The van der Waals surface area contributed by atoms with Gasteiger partial charge in [-0.2, -0.15) is 0 Å². The third kappa shape index (κ3) is 5.18. The first-order valence-corrected chi connectivity index (χ1v) is 8.23. The van der Waals surface area contributed by atoms with E-state index in [1.807, 2.05) is 32.8 Å². The molecule has 0 bridgehead atoms. The molecule has 0 aliphatic rings. The Morgan fingerprint density at radius 1 is 1.35 bits per heavy atom. The van der Waals surface area contributed by atoms with Crippen LogP contribution in [0.25, 0.3) is 0 Å². The smallest absolute Gasteiger partial charge is 0.242 e. The van der Waals surface area contributed by atoms with Gasteiger partial charge in [-0.3, -0.25) is 0 Å². The van der Waals surface area contributed by atoms with Crippen molar-refractivity contribution in [3.8, 4) is 0 Å². The number of hydrogen-bond donors (Lipinski definition) is 1. The molecule has 1 N–H and O–H groups in total. The van der Waals surface area contributed by atoms with E-state index in [1.165, 1.54) is 12.3 Å². The second kappa shape index (κ2) is 6.58. The van der Waals surface area contributed by atoms with Crippen molar-refractivity contribution >= 4 is 33.2 Å². The van der Waals surface area contributed by atoms with Gasteiger partial charge in [0.2, 0.25) is 10.0 Å². The SMILES string of the molecule is CN(C)CC(C)(C)CNS(=O)(=O)c1cnc(Cl)c(Cl)c1. The van der Waals surface area contributed by atoms with E-state index >= 15 is 0 Å². The van der Waals surface area contributed by atoms with Crippen LogP contribution in [0, 0.1) is 5.41 Å². The van der Waals surface area contributed by atoms with Gasteiger partial charge < -0.3 is 4.90 Å². The summed E-state index contributed by atoms with van der Waals surface area (Å²) in [6, 6.07) is 1.29. The number of sulfonamides is 1. The van der Waals surface area contributed by atoms with Gasteiger partial charge >= 0.3 is 0 Å². The molecule has 0 radical (unpaired) electrons. The van der Waals surface area contributed by atoms with Crippen LogP contribution in [0.1, 0.15) is 13.8 Å². The summed E-state index contributed by atoms with van der Waals surface area (Å²) in [5.74, 6) is 0. The monoisotopic (exact) mass is 339 g/mol. The molecule has 0 fully saturated rings. The van der Waals surface area contributed by atoms with Crippen LogP contribution in [0.15, 0.2) is 17.2 Å². The van der Waals surface area contributed by atoms with Crippen LogP contribution in [-0.4, -0.2) is 45.5 Å². The highest BCUT2D eigenvalue weighted by Crippen LogP contribution is 2.22. The van der Waals surface area contributed by atoms with Crippen molar-refractivity contribution in [3.05, 3.63) is 22.4 Å².